The van der Waals surface area contributed by atoms with Gasteiger partial charge in [-0.1, -0.05) is 6.92 Å². The van der Waals surface area contributed by atoms with Crippen molar-refractivity contribution in [1.82, 2.24) is 20.6 Å². The van der Waals surface area contributed by atoms with Gasteiger partial charge in [0.25, 0.3) is 0 Å². The Morgan fingerprint density at radius 3 is 2.82 bits per heavy atom. The van der Waals surface area contributed by atoms with Crippen molar-refractivity contribution in [2.45, 2.75) is 78.6 Å². The van der Waals surface area contributed by atoms with Gasteiger partial charge >= 0.3 is 0 Å². The van der Waals surface area contributed by atoms with Crippen LogP contribution in [0, 0.1) is 5.92 Å². The number of nitrogens with one attached hydrogen (secondary N) is 4. The van der Waals surface area contributed by atoms with Crippen LogP contribution in [0.3, 0.4) is 0 Å². The first kappa shape index (κ1) is 25.1. The van der Waals surface area contributed by atoms with Crippen LogP contribution in [-0.2, 0) is 4.74 Å². The molecule has 4 atom stereocenters. The fraction of sp³-hybridized carbons (Fsp3) is 0.667. The van der Waals surface area contributed by atoms with Crippen LogP contribution in [0.1, 0.15) is 72.0 Å². The molecule has 1 aromatic heterocycles. The third-order valence-corrected chi connectivity index (χ3v) is 6.05. The molecule has 0 bridgehead atoms. The number of aromatic nitrogens is 2. The van der Waals surface area contributed by atoms with E-state index in [-0.39, 0.29) is 12.3 Å². The lowest BCUT2D eigenvalue weighted by Gasteiger charge is -2.26. The standard InChI is InChI=1S/C24H40N8O/c1-6-25-21-18(4)28-14-31-24(21)27-12-8-7-11-26-22-20-19(5)33-13-16(2)9-10-17(3)32-23(20)30-15-29-22/h6,14-17,19,24,27H,7-13H2,1-5H3,(H,28,31)(H2,26,29,30,32). The highest BCUT2D eigenvalue weighted by atomic mass is 16.5. The predicted octanol–water partition coefficient (Wildman–Crippen LogP) is 3.85. The summed E-state index contributed by atoms with van der Waals surface area (Å²) in [6, 6.07) is 0.364. The number of anilines is 2. The van der Waals surface area contributed by atoms with Crippen LogP contribution in [0.25, 0.3) is 0 Å². The zero-order valence-electron chi connectivity index (χ0n) is 20.7. The number of hydrogen-bond acceptors (Lipinski definition) is 9. The number of aliphatic imine (C=N–C) groups is 2. The van der Waals surface area contributed by atoms with Gasteiger partial charge in [-0.25, -0.2) is 9.97 Å². The minimum Gasteiger partial charge on any atom is -0.373 e. The van der Waals surface area contributed by atoms with E-state index in [9.17, 15) is 0 Å². The zero-order valence-corrected chi connectivity index (χ0v) is 20.7. The molecular weight excluding hydrogens is 416 g/mol. The van der Waals surface area contributed by atoms with E-state index in [1.807, 2.05) is 13.8 Å². The monoisotopic (exact) mass is 456 g/mol. The van der Waals surface area contributed by atoms with E-state index in [1.54, 1.807) is 18.9 Å². The first-order chi connectivity index (χ1) is 16.0. The summed E-state index contributed by atoms with van der Waals surface area (Å²) in [6.45, 7) is 12.9. The Bertz CT molecular complexity index is 853. The molecule has 4 unspecified atom stereocenters. The second-order valence-electron chi connectivity index (χ2n) is 9.00. The van der Waals surface area contributed by atoms with Gasteiger partial charge in [0.1, 0.15) is 24.1 Å². The lowest BCUT2D eigenvalue weighted by Crippen LogP contribution is -2.35. The van der Waals surface area contributed by atoms with Crippen molar-refractivity contribution in [2.24, 2.45) is 15.9 Å². The number of hydrogen-bond donors (Lipinski definition) is 4. The van der Waals surface area contributed by atoms with Gasteiger partial charge in [0.2, 0.25) is 0 Å². The molecule has 0 radical (unpaired) electrons. The second kappa shape index (κ2) is 12.6. The zero-order chi connectivity index (χ0) is 23.6. The summed E-state index contributed by atoms with van der Waals surface area (Å²) in [6.07, 6.45) is 9.25. The summed E-state index contributed by atoms with van der Waals surface area (Å²) in [5, 5.41) is 13.7. The van der Waals surface area contributed by atoms with Gasteiger partial charge in [0, 0.05) is 31.1 Å². The molecule has 2 aliphatic heterocycles. The molecule has 0 saturated heterocycles. The van der Waals surface area contributed by atoms with E-state index < -0.39 is 0 Å². The van der Waals surface area contributed by atoms with Crippen LogP contribution in [0.2, 0.25) is 0 Å². The highest BCUT2D eigenvalue weighted by Crippen LogP contribution is 2.32. The third-order valence-electron chi connectivity index (χ3n) is 6.05. The Morgan fingerprint density at radius 2 is 2.00 bits per heavy atom. The lowest BCUT2D eigenvalue weighted by atomic mass is 10.0. The van der Waals surface area contributed by atoms with E-state index in [1.165, 1.54) is 0 Å². The topological polar surface area (TPSA) is 108 Å². The molecule has 0 aliphatic carbocycles. The van der Waals surface area contributed by atoms with Crippen LogP contribution in [-0.4, -0.2) is 54.4 Å². The lowest BCUT2D eigenvalue weighted by molar-refractivity contribution is 0.0404. The maximum absolute atomic E-state index is 6.18. The Labute approximate surface area is 198 Å². The second-order valence-corrected chi connectivity index (χ2v) is 9.00. The Balaban J connectivity index is 1.53. The van der Waals surface area contributed by atoms with Crippen molar-refractivity contribution in [3.63, 3.8) is 0 Å². The molecule has 33 heavy (non-hydrogen) atoms. The summed E-state index contributed by atoms with van der Waals surface area (Å²) in [4.78, 5) is 18.0. The summed E-state index contributed by atoms with van der Waals surface area (Å²) in [5.74, 6) is 2.27. The van der Waals surface area contributed by atoms with Crippen LogP contribution >= 0.6 is 0 Å². The number of unbranched alkanes of at least 4 members (excludes halogenated alkanes) is 1. The van der Waals surface area contributed by atoms with Crippen molar-refractivity contribution < 1.29 is 4.74 Å². The van der Waals surface area contributed by atoms with E-state index >= 15 is 0 Å². The van der Waals surface area contributed by atoms with Crippen molar-refractivity contribution in [1.29, 1.82) is 0 Å². The maximum Gasteiger partial charge on any atom is 0.146 e. The number of rotatable bonds is 8. The van der Waals surface area contributed by atoms with Gasteiger partial charge in [0.15, 0.2) is 0 Å². The fourth-order valence-corrected chi connectivity index (χ4v) is 4.06. The molecular formula is C24H40N8O. The highest BCUT2D eigenvalue weighted by molar-refractivity contribution is 5.63. The first-order valence-corrected chi connectivity index (χ1v) is 12.2. The largest absolute Gasteiger partial charge is 0.373 e. The molecule has 9 heteroatoms. The number of ether oxygens (including phenoxy) is 1. The van der Waals surface area contributed by atoms with Crippen molar-refractivity contribution >= 4 is 24.2 Å². The van der Waals surface area contributed by atoms with E-state index in [4.69, 9.17) is 4.74 Å². The SMILES string of the molecule is CC=NC1=C(C)NC=NC1NCCCCNc1ncnc2c1C(C)OCC(C)CCC(C)N2. The van der Waals surface area contributed by atoms with Gasteiger partial charge < -0.3 is 20.7 Å². The smallest absolute Gasteiger partial charge is 0.146 e. The summed E-state index contributed by atoms with van der Waals surface area (Å²) < 4.78 is 6.18. The molecule has 0 saturated carbocycles. The van der Waals surface area contributed by atoms with Crippen LogP contribution < -0.4 is 21.3 Å². The summed E-state index contributed by atoms with van der Waals surface area (Å²) in [7, 11) is 0. The van der Waals surface area contributed by atoms with E-state index in [0.29, 0.717) is 12.0 Å². The summed E-state index contributed by atoms with van der Waals surface area (Å²) in [5.41, 5.74) is 2.99. The molecule has 3 rings (SSSR count). The molecule has 0 fully saturated rings. The molecule has 1 aromatic rings. The minimum absolute atomic E-state index is 0.0732. The maximum atomic E-state index is 6.18. The molecule has 3 heterocycles. The van der Waals surface area contributed by atoms with Gasteiger partial charge in [-0.05, 0) is 65.8 Å². The average Bonchev–Trinajstić information content (AvgIpc) is 2.80. The quantitative estimate of drug-likeness (QED) is 0.348. The highest BCUT2D eigenvalue weighted by Gasteiger charge is 2.22. The number of allylic oxidation sites excluding steroid dienone is 1. The molecule has 0 amide bonds. The number of nitrogens with zero attached hydrogens (tertiary/aromatic N) is 4. The molecule has 0 aromatic carbocycles. The van der Waals surface area contributed by atoms with Crippen LogP contribution in [0.5, 0.6) is 0 Å². The average molecular weight is 457 g/mol. The van der Waals surface area contributed by atoms with Gasteiger partial charge in [0.05, 0.1) is 23.7 Å². The van der Waals surface area contributed by atoms with Gasteiger partial charge in [-0.3, -0.25) is 15.3 Å². The minimum atomic E-state index is -0.0987. The molecule has 182 valence electrons. The van der Waals surface area contributed by atoms with Crippen molar-refractivity contribution in [3.8, 4) is 0 Å². The van der Waals surface area contributed by atoms with Crippen LogP contribution in [0.15, 0.2) is 27.7 Å². The molecule has 4 N–H and O–H groups in total. The van der Waals surface area contributed by atoms with Gasteiger partial charge in [-0.2, -0.15) is 0 Å². The molecule has 2 aliphatic rings. The molecule has 0 spiro atoms. The fourth-order valence-electron chi connectivity index (χ4n) is 4.06. The summed E-state index contributed by atoms with van der Waals surface area (Å²) >= 11 is 0. The van der Waals surface area contributed by atoms with Crippen molar-refractivity contribution in [2.75, 3.05) is 30.3 Å². The number of fused-ring (bicyclic) bond motifs is 1. The van der Waals surface area contributed by atoms with Gasteiger partial charge in [-0.15, -0.1) is 0 Å². The predicted molar refractivity (Wildman–Crippen MR) is 136 cm³/mol. The van der Waals surface area contributed by atoms with E-state index in [2.05, 4.69) is 62.0 Å². The van der Waals surface area contributed by atoms with Crippen molar-refractivity contribution in [3.05, 3.63) is 23.3 Å². The third kappa shape index (κ3) is 7.23. The van der Waals surface area contributed by atoms with Crippen LogP contribution in [0.4, 0.5) is 11.6 Å². The first-order valence-electron chi connectivity index (χ1n) is 12.2. The molecule has 9 nitrogen and oxygen atoms in total. The Morgan fingerprint density at radius 1 is 1.18 bits per heavy atom. The van der Waals surface area contributed by atoms with E-state index in [0.717, 1.165) is 74.0 Å². The Kier molecular flexibility index (Phi) is 9.62. The Hall–Kier alpha value is -2.52. The normalized spacial score (nSPS) is 26.0.